The van der Waals surface area contributed by atoms with Gasteiger partial charge in [0.1, 0.15) is 18.0 Å². The van der Waals surface area contributed by atoms with Gasteiger partial charge in [-0.05, 0) is 18.8 Å². The van der Waals surface area contributed by atoms with Gasteiger partial charge in [-0.15, -0.1) is 0 Å². The third-order valence-electron chi connectivity index (χ3n) is 4.14. The first-order valence-electron chi connectivity index (χ1n) is 7.46. The number of anilines is 2. The van der Waals surface area contributed by atoms with Crippen LogP contribution in [0.1, 0.15) is 12.8 Å². The number of rotatable bonds is 4. The van der Waals surface area contributed by atoms with Crippen LogP contribution in [0, 0.1) is 5.92 Å². The molecule has 116 valence electrons. The zero-order valence-corrected chi connectivity index (χ0v) is 12.0. The van der Waals surface area contributed by atoms with Crippen molar-refractivity contribution in [2.45, 2.75) is 25.0 Å². The molecule has 0 radical (unpaired) electrons. The van der Waals surface area contributed by atoms with E-state index < -0.39 is 6.10 Å². The van der Waals surface area contributed by atoms with Crippen molar-refractivity contribution in [1.82, 2.24) is 9.97 Å². The molecule has 0 spiro atoms. The van der Waals surface area contributed by atoms with E-state index in [1.807, 2.05) is 6.07 Å². The maximum atomic E-state index is 9.77. The van der Waals surface area contributed by atoms with Crippen molar-refractivity contribution in [2.75, 3.05) is 43.1 Å². The molecule has 2 aliphatic rings. The highest BCUT2D eigenvalue weighted by molar-refractivity contribution is 5.49. The van der Waals surface area contributed by atoms with Crippen LogP contribution in [0.15, 0.2) is 12.4 Å². The maximum Gasteiger partial charge on any atom is 0.134 e. The Balaban J connectivity index is 1.67. The minimum Gasteiger partial charge on any atom is -0.396 e. The highest BCUT2D eigenvalue weighted by Crippen LogP contribution is 2.23. The van der Waals surface area contributed by atoms with Gasteiger partial charge in [-0.1, -0.05) is 0 Å². The quantitative estimate of drug-likeness (QED) is 0.712. The van der Waals surface area contributed by atoms with Crippen molar-refractivity contribution < 1.29 is 14.9 Å². The Morgan fingerprint density at radius 1 is 1.38 bits per heavy atom. The monoisotopic (exact) mass is 294 g/mol. The highest BCUT2D eigenvalue weighted by atomic mass is 16.5. The van der Waals surface area contributed by atoms with E-state index in [4.69, 9.17) is 4.74 Å². The van der Waals surface area contributed by atoms with Crippen LogP contribution in [0.4, 0.5) is 11.6 Å². The third-order valence-corrected chi connectivity index (χ3v) is 4.14. The Hall–Kier alpha value is -1.44. The van der Waals surface area contributed by atoms with Gasteiger partial charge in [0, 0.05) is 25.8 Å². The highest BCUT2D eigenvalue weighted by Gasteiger charge is 2.26. The Labute approximate surface area is 124 Å². The normalized spacial score (nSPS) is 29.6. The average Bonchev–Trinajstić information content (AvgIpc) is 2.93. The Morgan fingerprint density at radius 2 is 2.29 bits per heavy atom. The zero-order chi connectivity index (χ0) is 14.7. The Bertz CT molecular complexity index is 473. The largest absolute Gasteiger partial charge is 0.396 e. The number of piperidine rings is 1. The molecule has 1 aromatic heterocycles. The summed E-state index contributed by atoms with van der Waals surface area (Å²) >= 11 is 0. The van der Waals surface area contributed by atoms with Gasteiger partial charge in [0.2, 0.25) is 0 Å². The lowest BCUT2D eigenvalue weighted by Crippen LogP contribution is -2.37. The molecule has 0 aromatic carbocycles. The predicted octanol–water partition coefficient (Wildman–Crippen LogP) is -0.143. The van der Waals surface area contributed by atoms with E-state index in [1.165, 1.54) is 6.33 Å². The summed E-state index contributed by atoms with van der Waals surface area (Å²) in [6.07, 6.45) is 3.15. The van der Waals surface area contributed by atoms with Crippen molar-refractivity contribution in [3.05, 3.63) is 12.4 Å². The molecule has 0 saturated carbocycles. The lowest BCUT2D eigenvalue weighted by atomic mass is 9.99. The van der Waals surface area contributed by atoms with E-state index in [9.17, 15) is 10.2 Å². The smallest absolute Gasteiger partial charge is 0.134 e. The van der Waals surface area contributed by atoms with Gasteiger partial charge in [-0.25, -0.2) is 9.97 Å². The number of hydrogen-bond acceptors (Lipinski definition) is 7. The molecule has 2 fully saturated rings. The number of hydrogen-bond donors (Lipinski definition) is 3. The van der Waals surface area contributed by atoms with Crippen molar-refractivity contribution in [3.63, 3.8) is 0 Å². The minimum absolute atomic E-state index is 0.126. The van der Waals surface area contributed by atoms with Crippen LogP contribution in [0.2, 0.25) is 0 Å². The molecule has 0 amide bonds. The van der Waals surface area contributed by atoms with Gasteiger partial charge in [0.25, 0.3) is 0 Å². The molecule has 0 aliphatic carbocycles. The van der Waals surface area contributed by atoms with Crippen LogP contribution >= 0.6 is 0 Å². The van der Waals surface area contributed by atoms with E-state index in [1.54, 1.807) is 0 Å². The van der Waals surface area contributed by atoms with E-state index >= 15 is 0 Å². The second-order valence-electron chi connectivity index (χ2n) is 5.75. The fraction of sp³-hybridized carbons (Fsp3) is 0.714. The lowest BCUT2D eigenvalue weighted by molar-refractivity contribution is 0.125. The van der Waals surface area contributed by atoms with Gasteiger partial charge in [0.15, 0.2) is 0 Å². The number of nitrogens with zero attached hydrogens (tertiary/aromatic N) is 3. The van der Waals surface area contributed by atoms with Crippen molar-refractivity contribution >= 4 is 11.6 Å². The summed E-state index contributed by atoms with van der Waals surface area (Å²) in [4.78, 5) is 10.7. The third kappa shape index (κ3) is 3.42. The van der Waals surface area contributed by atoms with Crippen molar-refractivity contribution in [3.8, 4) is 0 Å². The van der Waals surface area contributed by atoms with Gasteiger partial charge in [-0.3, -0.25) is 0 Å². The molecule has 2 saturated heterocycles. The summed E-state index contributed by atoms with van der Waals surface area (Å²) in [5, 5.41) is 22.3. The molecule has 3 rings (SSSR count). The molecule has 21 heavy (non-hydrogen) atoms. The van der Waals surface area contributed by atoms with E-state index in [0.29, 0.717) is 24.9 Å². The first kappa shape index (κ1) is 14.5. The van der Waals surface area contributed by atoms with Crippen molar-refractivity contribution in [2.24, 2.45) is 5.92 Å². The van der Waals surface area contributed by atoms with Gasteiger partial charge >= 0.3 is 0 Å². The summed E-state index contributed by atoms with van der Waals surface area (Å²) in [6, 6.07) is 1.77. The van der Waals surface area contributed by atoms with Crippen LogP contribution < -0.4 is 10.2 Å². The molecule has 7 heteroatoms. The van der Waals surface area contributed by atoms with Crippen LogP contribution in [-0.2, 0) is 4.74 Å². The standard InChI is InChI=1S/C14H22N4O3/c19-6-10-2-1-3-18(5-10)14-4-13(15-9-16-14)17-11-7-21-8-12(11)20/h4,9-12,19-20H,1-3,5-8H2,(H,15,16,17)/t10?,11-,12+/m1/s1. The minimum atomic E-state index is -0.503. The van der Waals surface area contributed by atoms with Crippen LogP contribution in [0.5, 0.6) is 0 Å². The molecule has 1 unspecified atom stereocenters. The molecule has 3 atom stereocenters. The first-order valence-corrected chi connectivity index (χ1v) is 7.46. The fourth-order valence-corrected chi connectivity index (χ4v) is 2.89. The van der Waals surface area contributed by atoms with Crippen LogP contribution in [0.3, 0.4) is 0 Å². The topological polar surface area (TPSA) is 90.7 Å². The first-order chi connectivity index (χ1) is 10.3. The van der Waals surface area contributed by atoms with Gasteiger partial charge in [0.05, 0.1) is 25.4 Å². The summed E-state index contributed by atoms with van der Waals surface area (Å²) in [5.41, 5.74) is 0. The lowest BCUT2D eigenvalue weighted by Gasteiger charge is -2.32. The van der Waals surface area contributed by atoms with Crippen molar-refractivity contribution in [1.29, 1.82) is 0 Å². The van der Waals surface area contributed by atoms with Crippen LogP contribution in [0.25, 0.3) is 0 Å². The summed E-state index contributed by atoms with van der Waals surface area (Å²) in [6.45, 7) is 2.83. The number of aliphatic hydroxyl groups excluding tert-OH is 2. The second-order valence-corrected chi connectivity index (χ2v) is 5.75. The molecule has 3 heterocycles. The number of nitrogens with one attached hydrogen (secondary N) is 1. The molecule has 0 bridgehead atoms. The Kier molecular flexibility index (Phi) is 4.52. The van der Waals surface area contributed by atoms with Gasteiger partial charge in [-0.2, -0.15) is 0 Å². The number of aliphatic hydroxyl groups is 2. The van der Waals surface area contributed by atoms with Gasteiger partial charge < -0.3 is 25.2 Å². The average molecular weight is 294 g/mol. The zero-order valence-electron chi connectivity index (χ0n) is 12.0. The second kappa shape index (κ2) is 6.55. The molecular weight excluding hydrogens is 272 g/mol. The molecule has 1 aromatic rings. The summed E-state index contributed by atoms with van der Waals surface area (Å²) in [7, 11) is 0. The fourth-order valence-electron chi connectivity index (χ4n) is 2.89. The summed E-state index contributed by atoms with van der Waals surface area (Å²) in [5.74, 6) is 1.87. The molecule has 3 N–H and O–H groups in total. The summed E-state index contributed by atoms with van der Waals surface area (Å²) < 4.78 is 5.22. The van der Waals surface area contributed by atoms with E-state index in [-0.39, 0.29) is 12.6 Å². The van der Waals surface area contributed by atoms with E-state index in [0.717, 1.165) is 31.7 Å². The molecule has 2 aliphatic heterocycles. The van der Waals surface area contributed by atoms with E-state index in [2.05, 4.69) is 20.2 Å². The predicted molar refractivity (Wildman–Crippen MR) is 78.3 cm³/mol. The maximum absolute atomic E-state index is 9.77. The molecule has 7 nitrogen and oxygen atoms in total. The SMILES string of the molecule is OCC1CCCN(c2cc(N[C@@H]3COC[C@@H]3O)ncn2)C1. The number of aromatic nitrogens is 2. The Morgan fingerprint density at radius 3 is 3.05 bits per heavy atom. The number of ether oxygens (including phenoxy) is 1. The molecular formula is C14H22N4O3. The van der Waals surface area contributed by atoms with Crippen LogP contribution in [-0.4, -0.2) is 65.2 Å².